The van der Waals surface area contributed by atoms with E-state index in [9.17, 15) is 24.8 Å². The summed E-state index contributed by atoms with van der Waals surface area (Å²) in [5.74, 6) is -1.02. The number of hydrogen-bond donors (Lipinski definition) is 1. The average Bonchev–Trinajstić information content (AvgIpc) is 3.58. The zero-order chi connectivity index (χ0) is 29.6. The molecule has 42 heavy (non-hydrogen) atoms. The number of nitro benzene ring substituents is 1. The number of anilines is 1. The van der Waals surface area contributed by atoms with Gasteiger partial charge in [-0.15, -0.1) is 10.2 Å². The number of non-ortho nitro benzene ring substituents is 1. The number of thioether (sulfide) groups is 1. The van der Waals surface area contributed by atoms with E-state index >= 15 is 0 Å². The van der Waals surface area contributed by atoms with Crippen LogP contribution in [-0.4, -0.2) is 38.5 Å². The lowest BCUT2D eigenvalue weighted by Crippen LogP contribution is -2.29. The summed E-state index contributed by atoms with van der Waals surface area (Å²) in [7, 11) is 0. The van der Waals surface area contributed by atoms with Gasteiger partial charge in [0.05, 0.1) is 23.1 Å². The van der Waals surface area contributed by atoms with Gasteiger partial charge in [0.2, 0.25) is 5.13 Å². The number of unbranched alkanes of at least 4 members (excludes halogenated alkanes) is 1. The number of nitro groups is 1. The van der Waals surface area contributed by atoms with Gasteiger partial charge in [-0.1, -0.05) is 78.9 Å². The van der Waals surface area contributed by atoms with Crippen LogP contribution >= 0.6 is 23.1 Å². The van der Waals surface area contributed by atoms with Crippen LogP contribution in [0.5, 0.6) is 5.75 Å². The summed E-state index contributed by atoms with van der Waals surface area (Å²) in [6.45, 7) is 2.61. The molecule has 0 bridgehead atoms. The number of ether oxygens (including phenoxy) is 1. The molecule has 0 unspecified atom stereocenters. The summed E-state index contributed by atoms with van der Waals surface area (Å²) in [6.07, 6.45) is 1.88. The highest BCUT2D eigenvalue weighted by molar-refractivity contribution is 8.00. The van der Waals surface area contributed by atoms with E-state index in [1.165, 1.54) is 30.0 Å². The van der Waals surface area contributed by atoms with E-state index in [2.05, 4.69) is 17.1 Å². The van der Waals surface area contributed by atoms with Crippen molar-refractivity contribution in [3.63, 3.8) is 0 Å². The fraction of sp³-hybridized carbons (Fsp3) is 0.200. The van der Waals surface area contributed by atoms with E-state index in [0.717, 1.165) is 34.6 Å². The quantitative estimate of drug-likeness (QED) is 0.0296. The minimum atomic E-state index is -1.16. The molecule has 5 rings (SSSR count). The minimum Gasteiger partial charge on any atom is -0.507 e. The zero-order valence-electron chi connectivity index (χ0n) is 22.5. The smallest absolute Gasteiger partial charge is 0.301 e. The molecular weight excluding hydrogens is 576 g/mol. The molecule has 10 nitrogen and oxygen atoms in total. The number of amides is 1. The second-order valence-electron chi connectivity index (χ2n) is 9.37. The first-order valence-electron chi connectivity index (χ1n) is 13.2. The first-order valence-corrected chi connectivity index (χ1v) is 15.0. The third-order valence-electron chi connectivity index (χ3n) is 6.54. The summed E-state index contributed by atoms with van der Waals surface area (Å²) in [5, 5.41) is 31.5. The number of ketones is 1. The van der Waals surface area contributed by atoms with Crippen molar-refractivity contribution in [2.45, 2.75) is 35.9 Å². The van der Waals surface area contributed by atoms with E-state index < -0.39 is 28.4 Å². The van der Waals surface area contributed by atoms with Crippen molar-refractivity contribution in [1.29, 1.82) is 0 Å². The Labute approximate surface area is 249 Å². The lowest BCUT2D eigenvalue weighted by atomic mass is 9.95. The minimum absolute atomic E-state index is 0.142. The number of nitrogens with zero attached hydrogens (tertiary/aromatic N) is 4. The number of hydrogen-bond acceptors (Lipinski definition) is 10. The molecule has 0 saturated carbocycles. The molecule has 1 aliphatic heterocycles. The molecule has 1 N–H and O–H groups in total. The van der Waals surface area contributed by atoms with Crippen LogP contribution in [0.3, 0.4) is 0 Å². The number of carbonyl (C=O) groups is 2. The lowest BCUT2D eigenvalue weighted by Gasteiger charge is -2.22. The van der Waals surface area contributed by atoms with E-state index in [0.29, 0.717) is 28.0 Å². The molecule has 0 radical (unpaired) electrons. The largest absolute Gasteiger partial charge is 0.507 e. The first kappa shape index (κ1) is 29.0. The zero-order valence-corrected chi connectivity index (χ0v) is 24.1. The average molecular weight is 603 g/mol. The Kier molecular flexibility index (Phi) is 8.94. The summed E-state index contributed by atoms with van der Waals surface area (Å²) in [4.78, 5) is 39.1. The normalized spacial score (nSPS) is 16.1. The standard InChI is InChI=1S/C30H26N4O6S2/c1-2-3-16-40-23-14-12-20(13-15-23)26(35)24-25(21-10-7-11-22(17-21)34(38)39)33(28(37)27(24)36)29-31-32-30(42-29)41-18-19-8-5-4-6-9-19/h4-15,17,25,35H,2-3,16,18H2,1H3/t25-/m0/s1. The maximum atomic E-state index is 13.5. The third kappa shape index (κ3) is 6.19. The van der Waals surface area contributed by atoms with E-state index in [4.69, 9.17) is 4.74 Å². The summed E-state index contributed by atoms with van der Waals surface area (Å²) in [6, 6.07) is 20.8. The Bertz CT molecular complexity index is 1640. The van der Waals surface area contributed by atoms with Gasteiger partial charge in [-0.05, 0) is 41.8 Å². The Morgan fingerprint density at radius 1 is 1.07 bits per heavy atom. The molecule has 1 aliphatic rings. The van der Waals surface area contributed by atoms with Gasteiger partial charge < -0.3 is 9.84 Å². The number of aromatic nitrogens is 2. The number of aliphatic hydroxyl groups excluding tert-OH is 1. The van der Waals surface area contributed by atoms with Crippen LogP contribution in [0.2, 0.25) is 0 Å². The van der Waals surface area contributed by atoms with E-state index in [-0.39, 0.29) is 22.0 Å². The van der Waals surface area contributed by atoms with Gasteiger partial charge in [0.1, 0.15) is 11.5 Å². The van der Waals surface area contributed by atoms with Crippen molar-refractivity contribution < 1.29 is 24.4 Å². The van der Waals surface area contributed by atoms with Crippen molar-refractivity contribution >= 4 is 51.4 Å². The molecule has 12 heteroatoms. The topological polar surface area (TPSA) is 136 Å². The predicted molar refractivity (Wildman–Crippen MR) is 161 cm³/mol. The monoisotopic (exact) mass is 602 g/mol. The Morgan fingerprint density at radius 3 is 2.55 bits per heavy atom. The predicted octanol–water partition coefficient (Wildman–Crippen LogP) is 6.54. The van der Waals surface area contributed by atoms with Crippen LogP contribution < -0.4 is 9.64 Å². The van der Waals surface area contributed by atoms with Gasteiger partial charge in [-0.2, -0.15) is 0 Å². The number of Topliss-reactive ketones (excluding diaryl/α,β-unsaturated/α-hetero) is 1. The van der Waals surface area contributed by atoms with Crippen molar-refractivity contribution in [1.82, 2.24) is 10.2 Å². The second kappa shape index (κ2) is 13.0. The van der Waals surface area contributed by atoms with Crippen LogP contribution in [0.15, 0.2) is 88.8 Å². The fourth-order valence-electron chi connectivity index (χ4n) is 4.43. The molecule has 0 spiro atoms. The molecule has 4 aromatic rings. The lowest BCUT2D eigenvalue weighted by molar-refractivity contribution is -0.384. The van der Waals surface area contributed by atoms with E-state index in [1.54, 1.807) is 30.3 Å². The fourth-order valence-corrected chi connectivity index (χ4v) is 6.25. The van der Waals surface area contributed by atoms with Crippen molar-refractivity contribution in [2.24, 2.45) is 0 Å². The van der Waals surface area contributed by atoms with Gasteiger partial charge in [0.15, 0.2) is 4.34 Å². The van der Waals surface area contributed by atoms with Crippen molar-refractivity contribution in [3.8, 4) is 5.75 Å². The summed E-state index contributed by atoms with van der Waals surface area (Å²) < 4.78 is 6.27. The van der Waals surface area contributed by atoms with Crippen LogP contribution in [0.1, 0.15) is 42.5 Å². The van der Waals surface area contributed by atoms with Gasteiger partial charge >= 0.3 is 5.91 Å². The number of aliphatic hydroxyl groups is 1. The van der Waals surface area contributed by atoms with Gasteiger partial charge in [0, 0.05) is 23.4 Å². The Balaban J connectivity index is 1.53. The van der Waals surface area contributed by atoms with Gasteiger partial charge in [-0.3, -0.25) is 24.6 Å². The highest BCUT2D eigenvalue weighted by Crippen LogP contribution is 2.44. The summed E-state index contributed by atoms with van der Waals surface area (Å²) in [5.41, 5.74) is 1.23. The first-order chi connectivity index (χ1) is 20.4. The molecule has 1 aromatic heterocycles. The Morgan fingerprint density at radius 2 is 1.83 bits per heavy atom. The highest BCUT2D eigenvalue weighted by Gasteiger charge is 2.48. The molecular formula is C30H26N4O6S2. The second-order valence-corrected chi connectivity index (χ2v) is 11.6. The van der Waals surface area contributed by atoms with Crippen molar-refractivity contribution in [3.05, 3.63) is 111 Å². The van der Waals surface area contributed by atoms with Crippen molar-refractivity contribution in [2.75, 3.05) is 11.5 Å². The number of benzene rings is 3. The molecule has 1 saturated heterocycles. The van der Waals surface area contributed by atoms with Crippen LogP contribution in [0, 0.1) is 10.1 Å². The molecule has 1 atom stereocenters. The van der Waals surface area contributed by atoms with Crippen LogP contribution in [0.25, 0.3) is 5.76 Å². The number of carbonyl (C=O) groups excluding carboxylic acids is 2. The molecule has 0 aliphatic carbocycles. The van der Waals surface area contributed by atoms with Gasteiger partial charge in [-0.25, -0.2) is 0 Å². The number of rotatable bonds is 11. The SMILES string of the molecule is CCCCOc1ccc(C(O)=C2C(=O)C(=O)N(c3nnc(SCc4ccccc4)s3)[C@H]2c2cccc([N+](=O)[O-])c2)cc1. The maximum Gasteiger partial charge on any atom is 0.301 e. The Hall–Kier alpha value is -4.55. The van der Waals surface area contributed by atoms with Gasteiger partial charge in [0.25, 0.3) is 11.5 Å². The van der Waals surface area contributed by atoms with E-state index in [1.807, 2.05) is 30.3 Å². The molecule has 3 aromatic carbocycles. The highest BCUT2D eigenvalue weighted by atomic mass is 32.2. The molecule has 214 valence electrons. The molecule has 2 heterocycles. The van der Waals surface area contributed by atoms with Crippen LogP contribution in [-0.2, 0) is 15.3 Å². The molecule has 1 amide bonds. The third-order valence-corrected chi connectivity index (χ3v) is 8.67. The molecule has 1 fully saturated rings. The summed E-state index contributed by atoms with van der Waals surface area (Å²) >= 11 is 2.55. The van der Waals surface area contributed by atoms with Crippen LogP contribution in [0.4, 0.5) is 10.8 Å². The maximum absolute atomic E-state index is 13.5.